The van der Waals surface area contributed by atoms with Crippen LogP contribution in [-0.4, -0.2) is 54.3 Å². The molecule has 0 amide bonds. The van der Waals surface area contributed by atoms with Gasteiger partial charge in [0.1, 0.15) is 12.6 Å². The number of aliphatic hydroxyl groups is 1. The van der Waals surface area contributed by atoms with E-state index in [2.05, 4.69) is 0 Å². The van der Waals surface area contributed by atoms with E-state index in [9.17, 15) is 9.90 Å². The molecule has 11 heavy (non-hydrogen) atoms. The van der Waals surface area contributed by atoms with Gasteiger partial charge in [-0.15, -0.1) is 0 Å². The van der Waals surface area contributed by atoms with Crippen molar-refractivity contribution in [2.75, 3.05) is 27.6 Å². The first-order chi connectivity index (χ1) is 7.17. The SMILES string of the molecule is [2H]C([2H])([2H])[N+](C)(C)C([2H])([2H])[C@@]([2H])(O)CC(=O)O. The Bertz CT molecular complexity index is 311. The molecule has 0 fully saturated rings. The first-order valence-electron chi connectivity index (χ1n) is 5.95. The highest BCUT2D eigenvalue weighted by Crippen LogP contribution is 1.98. The fourth-order valence-electron chi connectivity index (χ4n) is 0.505. The van der Waals surface area contributed by atoms with Gasteiger partial charge in [-0.05, 0) is 0 Å². The first-order valence-corrected chi connectivity index (χ1v) is 2.95. The normalized spacial score (nSPS) is 27.9. The second kappa shape index (κ2) is 3.69. The lowest BCUT2D eigenvalue weighted by atomic mass is 10.2. The monoisotopic (exact) mass is 168 g/mol. The molecule has 0 aliphatic carbocycles. The maximum Gasteiger partial charge on any atom is 0.306 e. The minimum atomic E-state index is -3.04. The minimum absolute atomic E-state index is 0.967. The number of quaternary nitrogens is 1. The van der Waals surface area contributed by atoms with Crippen LogP contribution in [0.5, 0.6) is 0 Å². The molecular weight excluding hydrogens is 146 g/mol. The summed E-state index contributed by atoms with van der Waals surface area (Å²) in [7, 11) is 1.93. The van der Waals surface area contributed by atoms with Crippen molar-refractivity contribution < 1.29 is 27.7 Å². The molecule has 0 radical (unpaired) electrons. The smallest absolute Gasteiger partial charge is 0.306 e. The molecule has 0 heterocycles. The summed E-state index contributed by atoms with van der Waals surface area (Å²) in [6.07, 6.45) is -4.26. The molecule has 4 nitrogen and oxygen atoms in total. The largest absolute Gasteiger partial charge is 0.481 e. The van der Waals surface area contributed by atoms with E-state index in [1.165, 1.54) is 0 Å². The Morgan fingerprint density at radius 2 is 2.45 bits per heavy atom. The van der Waals surface area contributed by atoms with Crippen molar-refractivity contribution >= 4 is 5.97 Å². The molecule has 0 bridgehead atoms. The van der Waals surface area contributed by atoms with Gasteiger partial charge >= 0.3 is 5.97 Å². The maximum absolute atomic E-state index is 10.4. The van der Waals surface area contributed by atoms with Crippen LogP contribution >= 0.6 is 0 Å². The number of likely N-dealkylation sites (N-methyl/N-ethyl adjacent to an activating group) is 1. The zero-order chi connectivity index (χ0) is 14.3. The maximum atomic E-state index is 10.4. The molecule has 0 aliphatic rings. The summed E-state index contributed by atoms with van der Waals surface area (Å²) in [5, 5.41) is 18.0. The van der Waals surface area contributed by atoms with Crippen molar-refractivity contribution in [3.8, 4) is 0 Å². The third kappa shape index (κ3) is 7.29. The second-order valence-corrected chi connectivity index (χ2v) is 2.58. The summed E-state index contributed by atoms with van der Waals surface area (Å²) in [5.74, 6) is -1.59. The topological polar surface area (TPSA) is 57.5 Å². The van der Waals surface area contributed by atoms with E-state index in [1.54, 1.807) is 0 Å². The molecular formula is C7H16NO3+. The summed E-state index contributed by atoms with van der Waals surface area (Å²) in [6.45, 7) is -5.81. The van der Waals surface area contributed by atoms with Crippen LogP contribution in [0.3, 0.4) is 0 Å². The summed E-state index contributed by atoms with van der Waals surface area (Å²) in [4.78, 5) is 10.4. The number of carboxylic acid groups (broad SMARTS) is 1. The highest BCUT2D eigenvalue weighted by molar-refractivity contribution is 5.67. The van der Waals surface area contributed by atoms with Gasteiger partial charge in [0.05, 0.1) is 35.7 Å². The van der Waals surface area contributed by atoms with Gasteiger partial charge in [0.25, 0.3) is 0 Å². The Morgan fingerprint density at radius 1 is 1.91 bits per heavy atom. The lowest BCUT2D eigenvalue weighted by Crippen LogP contribution is -2.42. The van der Waals surface area contributed by atoms with Crippen LogP contribution in [0.4, 0.5) is 0 Å². The third-order valence-corrected chi connectivity index (χ3v) is 0.727. The van der Waals surface area contributed by atoms with Crippen molar-refractivity contribution in [3.63, 3.8) is 0 Å². The van der Waals surface area contributed by atoms with Gasteiger partial charge in [0.2, 0.25) is 0 Å². The number of hydrogen-bond donors (Lipinski definition) is 2. The van der Waals surface area contributed by atoms with Gasteiger partial charge in [-0.1, -0.05) is 0 Å². The predicted molar refractivity (Wildman–Crippen MR) is 41.2 cm³/mol. The number of carbonyl (C=O) groups is 1. The van der Waals surface area contributed by atoms with Gasteiger partial charge in [-0.2, -0.15) is 0 Å². The molecule has 0 saturated heterocycles. The van der Waals surface area contributed by atoms with Crippen molar-refractivity contribution in [3.05, 3.63) is 0 Å². The quantitative estimate of drug-likeness (QED) is 0.558. The average Bonchev–Trinajstić information content (AvgIpc) is 1.98. The fourth-order valence-corrected chi connectivity index (χ4v) is 0.505. The molecule has 4 heteroatoms. The number of nitrogens with zero attached hydrogens (tertiary/aromatic N) is 1. The highest BCUT2D eigenvalue weighted by Gasteiger charge is 2.17. The predicted octanol–water partition coefficient (Wildman–Crippen LogP) is -0.472. The van der Waals surface area contributed by atoms with Gasteiger partial charge in [0, 0.05) is 0 Å². The van der Waals surface area contributed by atoms with Crippen molar-refractivity contribution in [1.82, 2.24) is 0 Å². The number of carboxylic acids is 1. The molecule has 0 aromatic carbocycles. The van der Waals surface area contributed by atoms with Crippen LogP contribution in [0.15, 0.2) is 0 Å². The molecule has 0 aromatic heterocycles. The molecule has 2 N–H and O–H groups in total. The van der Waals surface area contributed by atoms with E-state index < -0.39 is 36.4 Å². The summed E-state index contributed by atoms with van der Waals surface area (Å²) >= 11 is 0. The Balaban J connectivity index is 5.47. The summed E-state index contributed by atoms with van der Waals surface area (Å²) in [5.41, 5.74) is 0. The van der Waals surface area contributed by atoms with E-state index in [0.717, 1.165) is 14.1 Å². The molecule has 0 aromatic rings. The van der Waals surface area contributed by atoms with Gasteiger partial charge in [-0.3, -0.25) is 4.79 Å². The molecule has 0 saturated carbocycles. The van der Waals surface area contributed by atoms with E-state index >= 15 is 0 Å². The Morgan fingerprint density at radius 3 is 2.82 bits per heavy atom. The Hall–Kier alpha value is -0.610. The second-order valence-electron chi connectivity index (χ2n) is 2.58. The third-order valence-electron chi connectivity index (χ3n) is 0.727. The fraction of sp³-hybridized carbons (Fsp3) is 0.857. The van der Waals surface area contributed by atoms with Crippen LogP contribution < -0.4 is 0 Å². The highest BCUT2D eigenvalue weighted by atomic mass is 16.4. The Kier molecular flexibility index (Phi) is 1.30. The zero-order valence-corrected chi connectivity index (χ0v) is 6.46. The lowest BCUT2D eigenvalue weighted by molar-refractivity contribution is -0.873. The molecule has 1 atom stereocenters. The molecule has 0 spiro atoms. The van der Waals surface area contributed by atoms with E-state index in [1.807, 2.05) is 0 Å². The van der Waals surface area contributed by atoms with Crippen LogP contribution in [0.2, 0.25) is 0 Å². The zero-order valence-electron chi connectivity index (χ0n) is 12.5. The van der Waals surface area contributed by atoms with E-state index in [-0.39, 0.29) is 0 Å². The van der Waals surface area contributed by atoms with Crippen LogP contribution in [-0.2, 0) is 4.79 Å². The number of rotatable bonds is 4. The van der Waals surface area contributed by atoms with Crippen molar-refractivity contribution in [2.24, 2.45) is 0 Å². The molecule has 66 valence electrons. The standard InChI is InChI=1S/C7H15NO3/c1-8(2,3)5-6(9)4-7(10)11/h6,9H,4-5H2,1-3H3/p+1/t6-/m0/s1/i1D3,5D2,6D. The molecule has 0 aliphatic heterocycles. The minimum Gasteiger partial charge on any atom is -0.481 e. The number of aliphatic carboxylic acids is 1. The van der Waals surface area contributed by atoms with Gasteiger partial charge in [-0.25, -0.2) is 0 Å². The summed E-state index contributed by atoms with van der Waals surface area (Å²) < 4.78 is 42.6. The molecule has 0 rings (SSSR count). The van der Waals surface area contributed by atoms with E-state index in [4.69, 9.17) is 13.3 Å². The average molecular weight is 168 g/mol. The van der Waals surface area contributed by atoms with Gasteiger partial charge in [0.15, 0.2) is 0 Å². The van der Waals surface area contributed by atoms with Crippen molar-refractivity contribution in [2.45, 2.75) is 12.5 Å². The molecule has 0 unspecified atom stereocenters. The van der Waals surface area contributed by atoms with Crippen LogP contribution in [0.25, 0.3) is 0 Å². The lowest BCUT2D eigenvalue weighted by Gasteiger charge is -2.25. The first kappa shape index (κ1) is 3.87. The Labute approximate surface area is 75.1 Å². The summed E-state index contributed by atoms with van der Waals surface area (Å²) in [6, 6.07) is 0. The number of hydrogen-bond acceptors (Lipinski definition) is 2. The van der Waals surface area contributed by atoms with E-state index in [0.29, 0.717) is 0 Å². The van der Waals surface area contributed by atoms with Crippen molar-refractivity contribution in [1.29, 1.82) is 0 Å². The van der Waals surface area contributed by atoms with Gasteiger partial charge < -0.3 is 14.7 Å². The van der Waals surface area contributed by atoms with Crippen LogP contribution in [0, 0.1) is 0 Å². The van der Waals surface area contributed by atoms with Crippen LogP contribution in [0.1, 0.15) is 14.6 Å².